The first-order valence-corrected chi connectivity index (χ1v) is 8.94. The van der Waals surface area contributed by atoms with Crippen LogP contribution >= 0.6 is 0 Å². The molecule has 0 aliphatic carbocycles. The molecular formula is C19H16F3N7O. The minimum absolute atomic E-state index is 0.138. The fraction of sp³-hybridized carbons (Fsp3) is 0.211. The number of imidazole rings is 1. The minimum atomic E-state index is -4.37. The van der Waals surface area contributed by atoms with Crippen molar-refractivity contribution >= 4 is 11.7 Å². The maximum Gasteiger partial charge on any atom is 0.416 e. The number of nitrogens with zero attached hydrogens (tertiary/aromatic N) is 6. The Morgan fingerprint density at radius 3 is 2.70 bits per heavy atom. The van der Waals surface area contributed by atoms with Crippen LogP contribution in [0.4, 0.5) is 13.2 Å². The van der Waals surface area contributed by atoms with Gasteiger partial charge in [0.2, 0.25) is 5.78 Å². The van der Waals surface area contributed by atoms with E-state index in [1.807, 2.05) is 0 Å². The van der Waals surface area contributed by atoms with Crippen LogP contribution in [0.3, 0.4) is 0 Å². The van der Waals surface area contributed by atoms with E-state index in [9.17, 15) is 18.0 Å². The zero-order valence-corrected chi connectivity index (χ0v) is 15.8. The van der Waals surface area contributed by atoms with E-state index in [0.29, 0.717) is 28.4 Å². The largest absolute Gasteiger partial charge is 0.416 e. The molecule has 8 nitrogen and oxygen atoms in total. The molecule has 0 bridgehead atoms. The van der Waals surface area contributed by atoms with Crippen LogP contribution in [0.1, 0.15) is 33.0 Å². The standard InChI is InChI=1S/C19H16F3N7O/c1-12-16(29-8-2-7-23-18(29)25-12)17(30)24-9-15-11-28(27-26-15)10-13-3-5-14(6-4-13)19(20,21)22/h2-8,11H,9-10H2,1H3,(H,24,30). The molecule has 0 radical (unpaired) electrons. The Balaban J connectivity index is 1.40. The number of hydrogen-bond acceptors (Lipinski definition) is 5. The van der Waals surface area contributed by atoms with Crippen LogP contribution in [0.2, 0.25) is 0 Å². The first kappa shape index (κ1) is 19.6. The molecule has 0 fully saturated rings. The molecule has 0 aliphatic rings. The van der Waals surface area contributed by atoms with Crippen LogP contribution in [0, 0.1) is 6.92 Å². The van der Waals surface area contributed by atoms with Crippen molar-refractivity contribution in [3.63, 3.8) is 0 Å². The Hall–Kier alpha value is -3.76. The van der Waals surface area contributed by atoms with Gasteiger partial charge in [0.05, 0.1) is 30.5 Å². The van der Waals surface area contributed by atoms with E-state index in [1.54, 1.807) is 36.0 Å². The highest BCUT2D eigenvalue weighted by atomic mass is 19.4. The van der Waals surface area contributed by atoms with Gasteiger partial charge in [-0.05, 0) is 30.7 Å². The van der Waals surface area contributed by atoms with Crippen LogP contribution in [0.25, 0.3) is 5.78 Å². The molecule has 3 heterocycles. The lowest BCUT2D eigenvalue weighted by atomic mass is 10.1. The molecule has 4 rings (SSSR count). The van der Waals surface area contributed by atoms with E-state index in [0.717, 1.165) is 12.1 Å². The lowest BCUT2D eigenvalue weighted by Gasteiger charge is -2.07. The average Bonchev–Trinajstić information content (AvgIpc) is 3.29. The van der Waals surface area contributed by atoms with Gasteiger partial charge in [-0.2, -0.15) is 13.2 Å². The van der Waals surface area contributed by atoms with E-state index < -0.39 is 11.7 Å². The summed E-state index contributed by atoms with van der Waals surface area (Å²) in [5.74, 6) is 0.105. The van der Waals surface area contributed by atoms with Crippen molar-refractivity contribution in [1.82, 2.24) is 34.7 Å². The van der Waals surface area contributed by atoms with Gasteiger partial charge in [-0.3, -0.25) is 9.20 Å². The summed E-state index contributed by atoms with van der Waals surface area (Å²) in [7, 11) is 0. The van der Waals surface area contributed by atoms with Gasteiger partial charge in [-0.1, -0.05) is 17.3 Å². The van der Waals surface area contributed by atoms with Gasteiger partial charge < -0.3 is 5.32 Å². The lowest BCUT2D eigenvalue weighted by Crippen LogP contribution is -2.25. The number of nitrogens with one attached hydrogen (secondary N) is 1. The highest BCUT2D eigenvalue weighted by molar-refractivity contribution is 5.94. The number of halogens is 3. The number of carbonyl (C=O) groups excluding carboxylic acids is 1. The van der Waals surface area contributed by atoms with Gasteiger partial charge in [0.1, 0.15) is 11.4 Å². The van der Waals surface area contributed by atoms with Crippen molar-refractivity contribution in [2.45, 2.75) is 26.2 Å². The van der Waals surface area contributed by atoms with E-state index in [2.05, 4.69) is 25.6 Å². The normalized spacial score (nSPS) is 11.7. The van der Waals surface area contributed by atoms with Crippen molar-refractivity contribution in [3.05, 3.63) is 77.1 Å². The molecule has 0 atom stereocenters. The Kier molecular flexibility index (Phi) is 4.94. The topological polar surface area (TPSA) is 90.0 Å². The van der Waals surface area contributed by atoms with Gasteiger partial charge in [-0.25, -0.2) is 14.6 Å². The molecule has 0 spiro atoms. The summed E-state index contributed by atoms with van der Waals surface area (Å²) in [6.45, 7) is 2.12. The van der Waals surface area contributed by atoms with E-state index in [-0.39, 0.29) is 19.0 Å². The van der Waals surface area contributed by atoms with E-state index in [4.69, 9.17) is 0 Å². The van der Waals surface area contributed by atoms with E-state index in [1.165, 1.54) is 16.8 Å². The van der Waals surface area contributed by atoms with E-state index >= 15 is 0 Å². The molecule has 0 unspecified atom stereocenters. The van der Waals surface area contributed by atoms with Crippen molar-refractivity contribution in [3.8, 4) is 0 Å². The molecule has 0 saturated carbocycles. The van der Waals surface area contributed by atoms with Crippen LogP contribution in [-0.4, -0.2) is 35.3 Å². The molecule has 11 heteroatoms. The van der Waals surface area contributed by atoms with Gasteiger partial charge in [0.25, 0.3) is 5.91 Å². The number of rotatable bonds is 5. The van der Waals surface area contributed by atoms with Gasteiger partial charge >= 0.3 is 6.18 Å². The Bertz CT molecular complexity index is 1200. The molecular weight excluding hydrogens is 399 g/mol. The molecule has 1 aromatic carbocycles. The van der Waals surface area contributed by atoms with Crippen molar-refractivity contribution < 1.29 is 18.0 Å². The van der Waals surface area contributed by atoms with Gasteiger partial charge in [0, 0.05) is 12.4 Å². The van der Waals surface area contributed by atoms with Crippen molar-refractivity contribution in [2.24, 2.45) is 0 Å². The maximum absolute atomic E-state index is 12.6. The fourth-order valence-corrected chi connectivity index (χ4v) is 3.01. The maximum atomic E-state index is 12.6. The Morgan fingerprint density at radius 2 is 1.97 bits per heavy atom. The van der Waals surface area contributed by atoms with Crippen LogP contribution in [-0.2, 0) is 19.3 Å². The van der Waals surface area contributed by atoms with Crippen LogP contribution < -0.4 is 5.32 Å². The Morgan fingerprint density at radius 1 is 1.20 bits per heavy atom. The third-order valence-electron chi connectivity index (χ3n) is 4.44. The summed E-state index contributed by atoms with van der Waals surface area (Å²) in [5.41, 5.74) is 1.40. The highest BCUT2D eigenvalue weighted by Gasteiger charge is 2.29. The Labute approximate surface area is 168 Å². The fourth-order valence-electron chi connectivity index (χ4n) is 3.01. The molecule has 1 amide bonds. The number of amides is 1. The predicted molar refractivity (Wildman–Crippen MR) is 99.5 cm³/mol. The SMILES string of the molecule is Cc1nc2ncccn2c1C(=O)NCc1cn(Cc2ccc(C(F)(F)F)cc2)nn1. The third-order valence-corrected chi connectivity index (χ3v) is 4.44. The molecule has 30 heavy (non-hydrogen) atoms. The zero-order valence-electron chi connectivity index (χ0n) is 15.8. The van der Waals surface area contributed by atoms with Crippen molar-refractivity contribution in [1.29, 1.82) is 0 Å². The van der Waals surface area contributed by atoms with Crippen LogP contribution in [0.15, 0.2) is 48.9 Å². The second-order valence-electron chi connectivity index (χ2n) is 6.62. The van der Waals surface area contributed by atoms with Crippen LogP contribution in [0.5, 0.6) is 0 Å². The third kappa shape index (κ3) is 4.00. The molecule has 0 saturated heterocycles. The number of carbonyl (C=O) groups is 1. The average molecular weight is 415 g/mol. The summed E-state index contributed by atoms with van der Waals surface area (Å²) >= 11 is 0. The number of benzene rings is 1. The number of fused-ring (bicyclic) bond motifs is 1. The summed E-state index contributed by atoms with van der Waals surface area (Å²) in [4.78, 5) is 20.9. The highest BCUT2D eigenvalue weighted by Crippen LogP contribution is 2.29. The zero-order chi connectivity index (χ0) is 21.3. The number of alkyl halides is 3. The smallest absolute Gasteiger partial charge is 0.345 e. The summed E-state index contributed by atoms with van der Waals surface area (Å²) < 4.78 is 41.0. The quantitative estimate of drug-likeness (QED) is 0.541. The predicted octanol–water partition coefficient (Wildman–Crippen LogP) is 2.63. The first-order valence-electron chi connectivity index (χ1n) is 8.94. The molecule has 0 aliphatic heterocycles. The first-order chi connectivity index (χ1) is 14.3. The summed E-state index contributed by atoms with van der Waals surface area (Å²) in [6.07, 6.45) is 0.559. The lowest BCUT2D eigenvalue weighted by molar-refractivity contribution is -0.137. The second-order valence-corrected chi connectivity index (χ2v) is 6.62. The molecule has 1 N–H and O–H groups in total. The monoisotopic (exact) mass is 415 g/mol. The summed E-state index contributed by atoms with van der Waals surface area (Å²) in [5, 5.41) is 10.7. The minimum Gasteiger partial charge on any atom is -0.345 e. The molecule has 154 valence electrons. The second kappa shape index (κ2) is 7.58. The molecule has 4 aromatic rings. The number of aromatic nitrogens is 6. The van der Waals surface area contributed by atoms with Crippen molar-refractivity contribution in [2.75, 3.05) is 0 Å². The number of hydrogen-bond donors (Lipinski definition) is 1. The molecule has 3 aromatic heterocycles. The summed E-state index contributed by atoms with van der Waals surface area (Å²) in [6, 6.07) is 6.56. The number of aryl methyl sites for hydroxylation is 1. The van der Waals surface area contributed by atoms with Gasteiger partial charge in [-0.15, -0.1) is 5.10 Å². The van der Waals surface area contributed by atoms with Gasteiger partial charge in [0.15, 0.2) is 0 Å².